The maximum absolute atomic E-state index is 11.6. The predicted octanol–water partition coefficient (Wildman–Crippen LogP) is 2.02. The number of hydrogen-bond acceptors (Lipinski definition) is 1. The van der Waals surface area contributed by atoms with E-state index in [0.717, 1.165) is 0 Å². The lowest BCUT2D eigenvalue weighted by atomic mass is 10.2. The molecule has 0 saturated carbocycles. The van der Waals surface area contributed by atoms with Gasteiger partial charge >= 0.3 is 18.5 Å². The van der Waals surface area contributed by atoms with E-state index in [1.165, 1.54) is 0 Å². The van der Waals surface area contributed by atoms with Gasteiger partial charge in [-0.15, -0.1) is 0 Å². The summed E-state index contributed by atoms with van der Waals surface area (Å²) in [7, 11) is 0. The van der Waals surface area contributed by atoms with Gasteiger partial charge in [-0.2, -0.15) is 22.0 Å². The van der Waals surface area contributed by atoms with Crippen molar-refractivity contribution in [1.29, 1.82) is 0 Å². The van der Waals surface area contributed by atoms with Crippen LogP contribution in [-0.2, 0) is 4.79 Å². The lowest BCUT2D eigenvalue weighted by molar-refractivity contribution is -0.272. The van der Waals surface area contributed by atoms with Crippen molar-refractivity contribution in [3.05, 3.63) is 0 Å². The second-order valence-electron chi connectivity index (χ2n) is 1.74. The van der Waals surface area contributed by atoms with Gasteiger partial charge in [-0.25, -0.2) is 8.78 Å². The van der Waals surface area contributed by atoms with Gasteiger partial charge in [0, 0.05) is 0 Å². The topological polar surface area (TPSA) is 17.1 Å². The van der Waals surface area contributed by atoms with Crippen molar-refractivity contribution in [3.8, 4) is 0 Å². The molecule has 0 N–H and O–H groups in total. The fourth-order valence-electron chi connectivity index (χ4n) is 0.277. The Morgan fingerprint density at radius 2 is 1.33 bits per heavy atom. The summed E-state index contributed by atoms with van der Waals surface area (Å²) in [6.45, 7) is 0. The maximum atomic E-state index is 11.6. The van der Waals surface area contributed by atoms with Crippen molar-refractivity contribution in [2.45, 2.75) is 18.5 Å². The summed E-state index contributed by atoms with van der Waals surface area (Å²) in [5.41, 5.74) is 0. The maximum Gasteiger partial charge on any atom is 0.461 e. The van der Waals surface area contributed by atoms with Crippen LogP contribution in [0.4, 0.5) is 30.7 Å². The first-order valence-electron chi connectivity index (χ1n) is 2.37. The van der Waals surface area contributed by atoms with Crippen molar-refractivity contribution >= 4 is 5.78 Å². The van der Waals surface area contributed by atoms with E-state index in [2.05, 4.69) is 0 Å². The SMILES string of the molecule is O=C(C(F)F)C(F)(F)C(F)(F)F. The van der Waals surface area contributed by atoms with E-state index in [1.807, 2.05) is 0 Å². The zero-order valence-electron chi connectivity index (χ0n) is 5.13. The van der Waals surface area contributed by atoms with Crippen molar-refractivity contribution in [2.24, 2.45) is 0 Å². The van der Waals surface area contributed by atoms with Gasteiger partial charge in [0.1, 0.15) is 0 Å². The second-order valence-corrected chi connectivity index (χ2v) is 1.74. The third kappa shape index (κ3) is 1.86. The summed E-state index contributed by atoms with van der Waals surface area (Å²) >= 11 is 0. The number of ketones is 1. The molecule has 0 rings (SSSR count). The molecule has 0 aromatic heterocycles. The van der Waals surface area contributed by atoms with Crippen LogP contribution in [0.3, 0.4) is 0 Å². The number of hydrogen-bond donors (Lipinski definition) is 0. The van der Waals surface area contributed by atoms with E-state index < -0.39 is 24.3 Å². The molecule has 0 aliphatic carbocycles. The lowest BCUT2D eigenvalue weighted by Crippen LogP contribution is -2.46. The van der Waals surface area contributed by atoms with Gasteiger partial charge in [0.25, 0.3) is 5.78 Å². The molecule has 72 valence electrons. The minimum atomic E-state index is -6.26. The average molecular weight is 198 g/mol. The molecule has 0 radical (unpaired) electrons. The molecule has 0 fully saturated rings. The number of Topliss-reactive ketones (excluding diaryl/α,β-unsaturated/α-hetero) is 1. The molecule has 0 unspecified atom stereocenters. The zero-order valence-corrected chi connectivity index (χ0v) is 5.13. The van der Waals surface area contributed by atoms with Crippen molar-refractivity contribution in [3.63, 3.8) is 0 Å². The Balaban J connectivity index is 4.74. The molecule has 8 heteroatoms. The Kier molecular flexibility index (Phi) is 2.71. The quantitative estimate of drug-likeness (QED) is 0.620. The first kappa shape index (κ1) is 11.2. The predicted molar refractivity (Wildman–Crippen MR) is 22.0 cm³/mol. The first-order valence-corrected chi connectivity index (χ1v) is 2.37. The summed E-state index contributed by atoms with van der Waals surface area (Å²) in [6.07, 6.45) is -10.6. The van der Waals surface area contributed by atoms with Crippen LogP contribution in [0.25, 0.3) is 0 Å². The van der Waals surface area contributed by atoms with E-state index in [0.29, 0.717) is 0 Å². The molecule has 0 heterocycles. The highest BCUT2D eigenvalue weighted by Gasteiger charge is 2.65. The molecular weight excluding hydrogens is 197 g/mol. The van der Waals surface area contributed by atoms with Gasteiger partial charge in [-0.05, 0) is 0 Å². The van der Waals surface area contributed by atoms with Gasteiger partial charge in [0.2, 0.25) is 0 Å². The van der Waals surface area contributed by atoms with Crippen molar-refractivity contribution in [2.75, 3.05) is 0 Å². The number of rotatable bonds is 2. The number of halogens is 7. The minimum Gasteiger partial charge on any atom is -0.286 e. The van der Waals surface area contributed by atoms with E-state index in [9.17, 15) is 35.5 Å². The Bertz CT molecular complexity index is 180. The average Bonchev–Trinajstić information content (AvgIpc) is 1.83. The molecule has 0 atom stereocenters. The zero-order chi connectivity index (χ0) is 10.2. The molecule has 1 nitrogen and oxygen atoms in total. The largest absolute Gasteiger partial charge is 0.461 e. The third-order valence-corrected chi connectivity index (χ3v) is 0.864. The van der Waals surface area contributed by atoms with E-state index in [-0.39, 0.29) is 0 Å². The number of carbonyl (C=O) groups is 1. The monoisotopic (exact) mass is 198 g/mol. The summed E-state index contributed by atoms with van der Waals surface area (Å²) in [6, 6.07) is 0. The minimum absolute atomic E-state index is 3.44. The summed E-state index contributed by atoms with van der Waals surface area (Å²) in [5, 5.41) is 0. The standard InChI is InChI=1S/C4HF7O/c5-2(6)1(12)3(7,8)4(9,10)11/h2H. The van der Waals surface area contributed by atoms with Crippen molar-refractivity contribution in [1.82, 2.24) is 0 Å². The molecule has 0 aromatic rings. The van der Waals surface area contributed by atoms with E-state index in [1.54, 1.807) is 0 Å². The second kappa shape index (κ2) is 2.91. The van der Waals surface area contributed by atoms with Gasteiger partial charge in [-0.1, -0.05) is 0 Å². The van der Waals surface area contributed by atoms with Gasteiger partial charge < -0.3 is 0 Å². The summed E-state index contributed by atoms with van der Waals surface area (Å²) < 4.78 is 78.9. The molecule has 0 aromatic carbocycles. The third-order valence-electron chi connectivity index (χ3n) is 0.864. The van der Waals surface area contributed by atoms with Gasteiger partial charge in [-0.3, -0.25) is 4.79 Å². The van der Waals surface area contributed by atoms with Gasteiger partial charge in [0.05, 0.1) is 0 Å². The Labute approximate surface area is 61.2 Å². The summed E-state index contributed by atoms with van der Waals surface area (Å²) in [4.78, 5) is 9.59. The van der Waals surface area contributed by atoms with Crippen LogP contribution >= 0.6 is 0 Å². The fraction of sp³-hybridized carbons (Fsp3) is 0.750. The first-order chi connectivity index (χ1) is 5.10. The van der Waals surface area contributed by atoms with Gasteiger partial charge in [0.15, 0.2) is 0 Å². The van der Waals surface area contributed by atoms with Crippen LogP contribution in [0, 0.1) is 0 Å². The van der Waals surface area contributed by atoms with E-state index in [4.69, 9.17) is 0 Å². The van der Waals surface area contributed by atoms with E-state index >= 15 is 0 Å². The molecule has 0 aliphatic heterocycles. The molecule has 12 heavy (non-hydrogen) atoms. The van der Waals surface area contributed by atoms with Crippen LogP contribution in [0.5, 0.6) is 0 Å². The lowest BCUT2D eigenvalue weighted by Gasteiger charge is -2.16. The molecular formula is C4HF7O. The molecule has 0 amide bonds. The Hall–Kier alpha value is -0.820. The highest BCUT2D eigenvalue weighted by atomic mass is 19.4. The van der Waals surface area contributed by atoms with Crippen LogP contribution in [0.2, 0.25) is 0 Å². The number of alkyl halides is 7. The van der Waals surface area contributed by atoms with Crippen LogP contribution in [0.15, 0.2) is 0 Å². The smallest absolute Gasteiger partial charge is 0.286 e. The number of carbonyl (C=O) groups excluding carboxylic acids is 1. The van der Waals surface area contributed by atoms with Crippen LogP contribution in [-0.4, -0.2) is 24.3 Å². The normalized spacial score (nSPS) is 13.7. The van der Waals surface area contributed by atoms with Crippen molar-refractivity contribution < 1.29 is 35.5 Å². The molecule has 0 saturated heterocycles. The highest BCUT2D eigenvalue weighted by molar-refractivity contribution is 5.89. The Morgan fingerprint density at radius 3 is 1.42 bits per heavy atom. The molecule has 0 aliphatic rings. The fourth-order valence-corrected chi connectivity index (χ4v) is 0.277. The Morgan fingerprint density at radius 1 is 1.00 bits per heavy atom. The highest BCUT2D eigenvalue weighted by Crippen LogP contribution is 2.37. The molecule has 0 bridgehead atoms. The van der Waals surface area contributed by atoms with Crippen LogP contribution < -0.4 is 0 Å². The van der Waals surface area contributed by atoms with Crippen LogP contribution in [0.1, 0.15) is 0 Å². The summed E-state index contributed by atoms with van der Waals surface area (Å²) in [5.74, 6) is -9.41. The molecule has 0 spiro atoms.